The molecule has 0 aromatic heterocycles. The van der Waals surface area contributed by atoms with Gasteiger partial charge in [-0.15, -0.1) is 0 Å². The average molecular weight is 283 g/mol. The van der Waals surface area contributed by atoms with Crippen LogP contribution in [-0.2, 0) is 4.74 Å². The number of hydrogen-bond donors (Lipinski definition) is 1. The van der Waals surface area contributed by atoms with Gasteiger partial charge >= 0.3 is 0 Å². The van der Waals surface area contributed by atoms with Gasteiger partial charge in [0, 0.05) is 44.9 Å². The molecule has 0 aromatic carbocycles. The van der Waals surface area contributed by atoms with Crippen LogP contribution >= 0.6 is 0 Å². The van der Waals surface area contributed by atoms with E-state index in [2.05, 4.69) is 36.1 Å². The molecule has 2 fully saturated rings. The Labute approximate surface area is 124 Å². The van der Waals surface area contributed by atoms with Crippen molar-refractivity contribution in [2.45, 2.75) is 44.7 Å². The van der Waals surface area contributed by atoms with Gasteiger partial charge in [0.1, 0.15) is 0 Å². The fourth-order valence-electron chi connectivity index (χ4n) is 3.53. The summed E-state index contributed by atoms with van der Waals surface area (Å²) in [6.45, 7) is 8.92. The first-order valence-corrected chi connectivity index (χ1v) is 8.40. The molecule has 0 saturated carbocycles. The van der Waals surface area contributed by atoms with Gasteiger partial charge < -0.3 is 15.0 Å². The highest BCUT2D eigenvalue weighted by Gasteiger charge is 2.31. The van der Waals surface area contributed by atoms with Crippen LogP contribution in [0.15, 0.2) is 0 Å². The van der Waals surface area contributed by atoms with Gasteiger partial charge in [-0.25, -0.2) is 0 Å². The normalized spacial score (nSPS) is 28.6. The van der Waals surface area contributed by atoms with Crippen molar-refractivity contribution in [3.05, 3.63) is 0 Å². The molecule has 4 heteroatoms. The minimum absolute atomic E-state index is 0.630. The Bertz CT molecular complexity index is 268. The maximum absolute atomic E-state index is 5.51. The Kier molecular flexibility index (Phi) is 6.75. The number of likely N-dealkylation sites (N-methyl/N-ethyl adjacent to an activating group) is 2. The van der Waals surface area contributed by atoms with Gasteiger partial charge in [0.2, 0.25) is 0 Å². The molecule has 2 heterocycles. The van der Waals surface area contributed by atoms with Gasteiger partial charge in [-0.3, -0.25) is 4.90 Å². The highest BCUT2D eigenvalue weighted by molar-refractivity contribution is 4.90. The van der Waals surface area contributed by atoms with Crippen LogP contribution in [0.3, 0.4) is 0 Å². The number of nitrogens with one attached hydrogen (secondary N) is 1. The first kappa shape index (κ1) is 16.2. The fourth-order valence-corrected chi connectivity index (χ4v) is 3.53. The second-order valence-corrected chi connectivity index (χ2v) is 6.66. The first-order valence-electron chi connectivity index (χ1n) is 8.40. The molecule has 0 radical (unpaired) electrons. The largest absolute Gasteiger partial charge is 0.381 e. The lowest BCUT2D eigenvalue weighted by molar-refractivity contribution is 0.0438. The monoisotopic (exact) mass is 283 g/mol. The number of ether oxygens (including phenoxy) is 1. The summed E-state index contributed by atoms with van der Waals surface area (Å²) in [6.07, 6.45) is 5.02. The Balaban J connectivity index is 1.93. The molecular formula is C16H33N3O. The summed E-state index contributed by atoms with van der Waals surface area (Å²) in [5.41, 5.74) is 0. The van der Waals surface area contributed by atoms with Crippen LogP contribution in [0.2, 0.25) is 0 Å². The summed E-state index contributed by atoms with van der Waals surface area (Å²) in [4.78, 5) is 5.04. The Hall–Kier alpha value is -0.160. The molecule has 0 amide bonds. The van der Waals surface area contributed by atoms with E-state index in [1.807, 2.05) is 0 Å². The predicted molar refractivity (Wildman–Crippen MR) is 84.2 cm³/mol. The summed E-state index contributed by atoms with van der Waals surface area (Å²) in [7, 11) is 4.55. The predicted octanol–water partition coefficient (Wildman–Crippen LogP) is 1.42. The summed E-state index contributed by atoms with van der Waals surface area (Å²) >= 11 is 0. The lowest BCUT2D eigenvalue weighted by Gasteiger charge is -2.43. The van der Waals surface area contributed by atoms with E-state index >= 15 is 0 Å². The molecule has 4 nitrogen and oxygen atoms in total. The van der Waals surface area contributed by atoms with Gasteiger partial charge in [-0.2, -0.15) is 0 Å². The molecule has 2 aliphatic heterocycles. The van der Waals surface area contributed by atoms with Crippen LogP contribution in [0.25, 0.3) is 0 Å². The molecule has 2 rings (SSSR count). The zero-order chi connectivity index (χ0) is 14.4. The van der Waals surface area contributed by atoms with Crippen LogP contribution in [-0.4, -0.2) is 75.4 Å². The fraction of sp³-hybridized carbons (Fsp3) is 1.00. The van der Waals surface area contributed by atoms with E-state index in [-0.39, 0.29) is 0 Å². The number of piperazine rings is 1. The van der Waals surface area contributed by atoms with E-state index in [4.69, 9.17) is 4.74 Å². The standard InChI is InChI=1S/C16H33N3O/c1-4-7-17-15(12-14-5-10-20-11-6-14)16-13-18(2)8-9-19(16)3/h14-17H,4-13H2,1-3H3. The van der Waals surface area contributed by atoms with E-state index in [9.17, 15) is 0 Å². The first-order chi connectivity index (χ1) is 9.70. The van der Waals surface area contributed by atoms with E-state index < -0.39 is 0 Å². The van der Waals surface area contributed by atoms with Crippen molar-refractivity contribution in [1.29, 1.82) is 0 Å². The van der Waals surface area contributed by atoms with Gasteiger partial charge in [0.15, 0.2) is 0 Å². The SMILES string of the molecule is CCCNC(CC1CCOCC1)C1CN(C)CCN1C. The molecule has 2 saturated heterocycles. The van der Waals surface area contributed by atoms with E-state index in [1.54, 1.807) is 0 Å². The van der Waals surface area contributed by atoms with Crippen molar-refractivity contribution in [3.8, 4) is 0 Å². The molecule has 20 heavy (non-hydrogen) atoms. The smallest absolute Gasteiger partial charge is 0.0468 e. The van der Waals surface area contributed by atoms with E-state index in [0.29, 0.717) is 12.1 Å². The molecule has 0 aliphatic carbocycles. The number of hydrogen-bond acceptors (Lipinski definition) is 4. The number of rotatable bonds is 6. The Morgan fingerprint density at radius 2 is 1.95 bits per heavy atom. The van der Waals surface area contributed by atoms with Crippen molar-refractivity contribution in [2.24, 2.45) is 5.92 Å². The summed E-state index contributed by atoms with van der Waals surface area (Å²) in [6, 6.07) is 1.29. The topological polar surface area (TPSA) is 27.7 Å². The van der Waals surface area contributed by atoms with Crippen LogP contribution in [0.4, 0.5) is 0 Å². The summed E-state index contributed by atoms with van der Waals surface area (Å²) in [5, 5.41) is 3.83. The zero-order valence-corrected chi connectivity index (χ0v) is 13.6. The molecule has 0 spiro atoms. The second-order valence-electron chi connectivity index (χ2n) is 6.66. The van der Waals surface area contributed by atoms with Crippen molar-refractivity contribution >= 4 is 0 Å². The van der Waals surface area contributed by atoms with Crippen LogP contribution < -0.4 is 5.32 Å². The third-order valence-corrected chi connectivity index (χ3v) is 4.95. The summed E-state index contributed by atoms with van der Waals surface area (Å²) < 4.78 is 5.51. The summed E-state index contributed by atoms with van der Waals surface area (Å²) in [5.74, 6) is 0.846. The lowest BCUT2D eigenvalue weighted by Crippen LogP contribution is -2.59. The second kappa shape index (κ2) is 8.32. The molecule has 118 valence electrons. The maximum atomic E-state index is 5.51. The minimum atomic E-state index is 0.630. The minimum Gasteiger partial charge on any atom is -0.381 e. The van der Waals surface area contributed by atoms with Gasteiger partial charge in [-0.05, 0) is 52.2 Å². The van der Waals surface area contributed by atoms with Crippen molar-refractivity contribution in [2.75, 3.05) is 53.5 Å². The van der Waals surface area contributed by atoms with E-state index in [1.165, 1.54) is 45.3 Å². The molecule has 1 N–H and O–H groups in total. The molecule has 2 unspecified atom stereocenters. The Morgan fingerprint density at radius 3 is 2.65 bits per heavy atom. The highest BCUT2D eigenvalue weighted by Crippen LogP contribution is 2.23. The average Bonchev–Trinajstić information content (AvgIpc) is 2.47. The molecule has 2 aliphatic rings. The van der Waals surface area contributed by atoms with Crippen LogP contribution in [0, 0.1) is 5.92 Å². The quantitative estimate of drug-likeness (QED) is 0.798. The highest BCUT2D eigenvalue weighted by atomic mass is 16.5. The van der Waals surface area contributed by atoms with Crippen LogP contribution in [0.1, 0.15) is 32.6 Å². The Morgan fingerprint density at radius 1 is 1.20 bits per heavy atom. The molecule has 2 atom stereocenters. The molecule has 0 aromatic rings. The molecular weight excluding hydrogens is 250 g/mol. The maximum Gasteiger partial charge on any atom is 0.0468 e. The molecule has 0 bridgehead atoms. The van der Waals surface area contributed by atoms with Gasteiger partial charge in [0.25, 0.3) is 0 Å². The third kappa shape index (κ3) is 4.69. The third-order valence-electron chi connectivity index (χ3n) is 4.95. The van der Waals surface area contributed by atoms with E-state index in [0.717, 1.165) is 25.7 Å². The van der Waals surface area contributed by atoms with Crippen molar-refractivity contribution < 1.29 is 4.74 Å². The zero-order valence-electron chi connectivity index (χ0n) is 13.6. The van der Waals surface area contributed by atoms with Crippen molar-refractivity contribution in [3.63, 3.8) is 0 Å². The number of nitrogens with zero attached hydrogens (tertiary/aromatic N) is 2. The lowest BCUT2D eigenvalue weighted by atomic mass is 9.88. The van der Waals surface area contributed by atoms with Crippen molar-refractivity contribution in [1.82, 2.24) is 15.1 Å². The van der Waals surface area contributed by atoms with Gasteiger partial charge in [0.05, 0.1) is 0 Å². The van der Waals surface area contributed by atoms with Gasteiger partial charge in [-0.1, -0.05) is 6.92 Å². The van der Waals surface area contributed by atoms with Crippen LogP contribution in [0.5, 0.6) is 0 Å².